The number of rotatable bonds is 6. The molecule has 28 heavy (non-hydrogen) atoms. The van der Waals surface area contributed by atoms with E-state index < -0.39 is 40.6 Å². The molecular formula is C17H20F3N3O4S. The Morgan fingerprint density at radius 2 is 1.89 bits per heavy atom. The summed E-state index contributed by atoms with van der Waals surface area (Å²) in [6.45, 7) is -1.17. The van der Waals surface area contributed by atoms with Crippen LogP contribution in [0, 0.1) is 0 Å². The number of carbonyl (C=O) groups excluding carboxylic acids is 2. The first-order valence-corrected chi connectivity index (χ1v) is 9.88. The second-order valence-corrected chi connectivity index (χ2v) is 8.02. The van der Waals surface area contributed by atoms with E-state index in [9.17, 15) is 31.2 Å². The third kappa shape index (κ3) is 5.80. The summed E-state index contributed by atoms with van der Waals surface area (Å²) in [7, 11) is -2.28. The lowest BCUT2D eigenvalue weighted by Gasteiger charge is -2.23. The highest BCUT2D eigenvalue weighted by Gasteiger charge is 2.35. The Hall–Kier alpha value is -2.40. The number of halogens is 3. The molecule has 1 fully saturated rings. The van der Waals surface area contributed by atoms with Crippen LogP contribution in [-0.4, -0.2) is 57.5 Å². The number of hydrogen-bond donors (Lipinski definition) is 2. The first kappa shape index (κ1) is 21.9. The summed E-state index contributed by atoms with van der Waals surface area (Å²) in [4.78, 5) is 25.6. The van der Waals surface area contributed by atoms with Crippen molar-refractivity contribution in [1.82, 2.24) is 14.9 Å². The average molecular weight is 419 g/mol. The van der Waals surface area contributed by atoms with Gasteiger partial charge in [-0.2, -0.15) is 13.2 Å². The Morgan fingerprint density at radius 3 is 2.46 bits per heavy atom. The number of benzene rings is 1. The van der Waals surface area contributed by atoms with Gasteiger partial charge in [0.15, 0.2) is 0 Å². The molecule has 0 aromatic heterocycles. The largest absolute Gasteiger partial charge is 0.405 e. The van der Waals surface area contributed by atoms with E-state index in [1.807, 2.05) is 0 Å². The van der Waals surface area contributed by atoms with Gasteiger partial charge in [0.2, 0.25) is 21.8 Å². The molecule has 1 unspecified atom stereocenters. The van der Waals surface area contributed by atoms with Gasteiger partial charge in [0.1, 0.15) is 12.6 Å². The van der Waals surface area contributed by atoms with E-state index in [4.69, 9.17) is 0 Å². The second-order valence-electron chi connectivity index (χ2n) is 6.13. The lowest BCUT2D eigenvalue weighted by atomic mass is 10.2. The molecule has 2 amide bonds. The van der Waals surface area contributed by atoms with Gasteiger partial charge in [0.25, 0.3) is 0 Å². The molecule has 0 aliphatic carbocycles. The Labute approximate surface area is 160 Å². The van der Waals surface area contributed by atoms with E-state index >= 15 is 0 Å². The Bertz CT molecular complexity index is 851. The van der Waals surface area contributed by atoms with Crippen molar-refractivity contribution in [3.63, 3.8) is 0 Å². The summed E-state index contributed by atoms with van der Waals surface area (Å²) in [6, 6.07) is 4.82. The van der Waals surface area contributed by atoms with Crippen molar-refractivity contribution in [1.29, 1.82) is 0 Å². The summed E-state index contributed by atoms with van der Waals surface area (Å²) < 4.78 is 62.3. The van der Waals surface area contributed by atoms with Gasteiger partial charge in [-0.1, -0.05) is 12.1 Å². The Balaban J connectivity index is 2.02. The third-order valence-electron chi connectivity index (χ3n) is 4.18. The van der Waals surface area contributed by atoms with Crippen LogP contribution in [0.1, 0.15) is 18.4 Å². The lowest BCUT2D eigenvalue weighted by Crippen LogP contribution is -2.47. The van der Waals surface area contributed by atoms with Crippen molar-refractivity contribution in [2.24, 2.45) is 0 Å². The number of carbonyl (C=O) groups is 2. The molecule has 0 saturated carbocycles. The molecule has 1 aliphatic rings. The maximum absolute atomic E-state index is 12.3. The van der Waals surface area contributed by atoms with E-state index in [1.54, 1.807) is 5.32 Å². The fourth-order valence-electron chi connectivity index (χ4n) is 2.75. The van der Waals surface area contributed by atoms with E-state index in [1.165, 1.54) is 48.4 Å². The minimum atomic E-state index is -4.52. The molecule has 1 saturated heterocycles. The molecule has 0 spiro atoms. The number of amides is 2. The van der Waals surface area contributed by atoms with Crippen LogP contribution in [0.2, 0.25) is 0 Å². The molecule has 1 atom stereocenters. The second kappa shape index (κ2) is 8.74. The number of sulfonamides is 1. The molecule has 11 heteroatoms. The van der Waals surface area contributed by atoms with Crippen LogP contribution in [-0.2, 0) is 19.6 Å². The zero-order chi connectivity index (χ0) is 20.9. The van der Waals surface area contributed by atoms with Crippen molar-refractivity contribution in [2.45, 2.75) is 30.0 Å². The summed E-state index contributed by atoms with van der Waals surface area (Å²) in [6.07, 6.45) is -1.06. The predicted octanol–water partition coefficient (Wildman–Crippen LogP) is 1.28. The highest BCUT2D eigenvalue weighted by Crippen LogP contribution is 2.20. The van der Waals surface area contributed by atoms with Gasteiger partial charge in [-0.15, -0.1) is 0 Å². The van der Waals surface area contributed by atoms with Gasteiger partial charge < -0.3 is 10.2 Å². The van der Waals surface area contributed by atoms with E-state index in [2.05, 4.69) is 4.72 Å². The van der Waals surface area contributed by atoms with E-state index in [0.29, 0.717) is 18.4 Å². The van der Waals surface area contributed by atoms with E-state index in [-0.39, 0.29) is 11.4 Å². The van der Waals surface area contributed by atoms with Crippen molar-refractivity contribution in [2.75, 3.05) is 20.1 Å². The molecule has 1 aromatic carbocycles. The Kier molecular flexibility index (Phi) is 6.83. The maximum Gasteiger partial charge on any atom is 0.405 e. The standard InChI is InChI=1S/C17H20F3N3O4S/c1-21-28(26,27)13-7-4-12(5-8-13)6-9-15(24)23-10-2-3-14(23)16(25)22-11-17(18,19)20/h4-9,14,21H,2-3,10-11H2,1H3,(H,22,25). The number of nitrogens with one attached hydrogen (secondary N) is 2. The van der Waals surface area contributed by atoms with Gasteiger partial charge in [-0.25, -0.2) is 13.1 Å². The van der Waals surface area contributed by atoms with Crippen LogP contribution in [0.3, 0.4) is 0 Å². The third-order valence-corrected chi connectivity index (χ3v) is 5.61. The number of likely N-dealkylation sites (tertiary alicyclic amines) is 1. The monoisotopic (exact) mass is 419 g/mol. The lowest BCUT2D eigenvalue weighted by molar-refractivity contribution is -0.143. The minimum absolute atomic E-state index is 0.0689. The minimum Gasteiger partial charge on any atom is -0.345 e. The van der Waals surface area contributed by atoms with Gasteiger partial charge in [0.05, 0.1) is 4.90 Å². The smallest absolute Gasteiger partial charge is 0.345 e. The Morgan fingerprint density at radius 1 is 1.25 bits per heavy atom. The quantitative estimate of drug-likeness (QED) is 0.679. The van der Waals surface area contributed by atoms with Gasteiger partial charge in [-0.05, 0) is 43.7 Å². The molecule has 2 N–H and O–H groups in total. The molecule has 0 bridgehead atoms. The van der Waals surface area contributed by atoms with Gasteiger partial charge in [0, 0.05) is 12.6 Å². The molecule has 2 rings (SSSR count). The van der Waals surface area contributed by atoms with Crippen LogP contribution >= 0.6 is 0 Å². The molecule has 0 radical (unpaired) electrons. The molecule has 1 heterocycles. The van der Waals surface area contributed by atoms with Crippen LogP contribution in [0.15, 0.2) is 35.2 Å². The highest BCUT2D eigenvalue weighted by molar-refractivity contribution is 7.89. The fraction of sp³-hybridized carbons (Fsp3) is 0.412. The summed E-state index contributed by atoms with van der Waals surface area (Å²) in [5.74, 6) is -1.34. The number of hydrogen-bond acceptors (Lipinski definition) is 4. The normalized spacial score (nSPS) is 17.9. The maximum atomic E-state index is 12.3. The molecule has 1 aromatic rings. The zero-order valence-corrected chi connectivity index (χ0v) is 15.8. The molecule has 1 aliphatic heterocycles. The highest BCUT2D eigenvalue weighted by atomic mass is 32.2. The van der Waals surface area contributed by atoms with Crippen molar-refractivity contribution < 1.29 is 31.2 Å². The topological polar surface area (TPSA) is 95.6 Å². The summed E-state index contributed by atoms with van der Waals surface area (Å²) in [5, 5.41) is 1.80. The van der Waals surface area contributed by atoms with Crippen LogP contribution < -0.4 is 10.0 Å². The van der Waals surface area contributed by atoms with Gasteiger partial charge >= 0.3 is 6.18 Å². The summed E-state index contributed by atoms with van der Waals surface area (Å²) in [5.41, 5.74) is 0.556. The van der Waals surface area contributed by atoms with Crippen molar-refractivity contribution in [3.05, 3.63) is 35.9 Å². The van der Waals surface area contributed by atoms with Crippen molar-refractivity contribution in [3.8, 4) is 0 Å². The fourth-order valence-corrected chi connectivity index (χ4v) is 3.48. The zero-order valence-electron chi connectivity index (χ0n) is 15.0. The van der Waals surface area contributed by atoms with Crippen molar-refractivity contribution >= 4 is 27.9 Å². The predicted molar refractivity (Wildman–Crippen MR) is 95.5 cm³/mol. The molecule has 154 valence electrons. The molecular weight excluding hydrogens is 399 g/mol. The van der Waals surface area contributed by atoms with Crippen LogP contribution in [0.4, 0.5) is 13.2 Å². The molecule has 7 nitrogen and oxygen atoms in total. The summed E-state index contributed by atoms with van der Waals surface area (Å²) >= 11 is 0. The first-order valence-electron chi connectivity index (χ1n) is 8.40. The van der Waals surface area contributed by atoms with E-state index in [0.717, 1.165) is 0 Å². The number of alkyl halides is 3. The first-order chi connectivity index (χ1) is 13.0. The van der Waals surface area contributed by atoms with Crippen LogP contribution in [0.5, 0.6) is 0 Å². The van der Waals surface area contributed by atoms with Crippen LogP contribution in [0.25, 0.3) is 6.08 Å². The number of nitrogens with zero attached hydrogens (tertiary/aromatic N) is 1. The average Bonchev–Trinajstić information content (AvgIpc) is 3.14. The SMILES string of the molecule is CNS(=O)(=O)c1ccc(C=CC(=O)N2CCCC2C(=O)NCC(F)(F)F)cc1. The van der Waals surface area contributed by atoms with Gasteiger partial charge in [-0.3, -0.25) is 9.59 Å².